The number of aromatic hydroxyl groups is 1. The van der Waals surface area contributed by atoms with E-state index < -0.39 is 0 Å². The minimum Gasteiger partial charge on any atom is -0.507 e. The Morgan fingerprint density at radius 1 is 1.44 bits per heavy atom. The summed E-state index contributed by atoms with van der Waals surface area (Å²) in [6.45, 7) is 2.21. The first-order valence-corrected chi connectivity index (χ1v) is 6.27. The molecule has 5 nitrogen and oxygen atoms in total. The van der Waals surface area contributed by atoms with Gasteiger partial charge in [0.05, 0.1) is 11.0 Å². The number of nitrogens with zero attached hydrogens (tertiary/aromatic N) is 1. The summed E-state index contributed by atoms with van der Waals surface area (Å²) in [5.41, 5.74) is 0.349. The third kappa shape index (κ3) is 3.46. The van der Waals surface area contributed by atoms with Crippen LogP contribution < -0.4 is 5.32 Å². The fourth-order valence-corrected chi connectivity index (χ4v) is 1.65. The fourth-order valence-electron chi connectivity index (χ4n) is 1.41. The number of phenols is 1. The Bertz CT molecular complexity index is 463. The molecule has 0 saturated heterocycles. The molecule has 6 heteroatoms. The van der Waals surface area contributed by atoms with Gasteiger partial charge in [-0.2, -0.15) is 0 Å². The van der Waals surface area contributed by atoms with Crippen molar-refractivity contribution in [3.05, 3.63) is 28.2 Å². The van der Waals surface area contributed by atoms with E-state index >= 15 is 0 Å². The lowest BCUT2D eigenvalue weighted by Crippen LogP contribution is -2.39. The Balaban J connectivity index is 2.89. The zero-order chi connectivity index (χ0) is 13.7. The Labute approximate surface area is 114 Å². The van der Waals surface area contributed by atoms with Gasteiger partial charge in [-0.3, -0.25) is 9.59 Å². The van der Waals surface area contributed by atoms with E-state index in [9.17, 15) is 14.7 Å². The molecule has 1 aromatic carbocycles. The molecule has 0 radical (unpaired) electrons. The average molecular weight is 315 g/mol. The van der Waals surface area contributed by atoms with Crippen LogP contribution in [0.4, 0.5) is 0 Å². The van der Waals surface area contributed by atoms with E-state index in [1.165, 1.54) is 18.0 Å². The summed E-state index contributed by atoms with van der Waals surface area (Å²) >= 11 is 3.15. The smallest absolute Gasteiger partial charge is 0.254 e. The summed E-state index contributed by atoms with van der Waals surface area (Å²) < 4.78 is 0.522. The number of carbonyl (C=O) groups is 2. The predicted molar refractivity (Wildman–Crippen MR) is 71.5 cm³/mol. The zero-order valence-electron chi connectivity index (χ0n) is 10.2. The molecule has 0 heterocycles. The van der Waals surface area contributed by atoms with E-state index in [1.807, 2.05) is 0 Å². The van der Waals surface area contributed by atoms with Crippen LogP contribution in [0.5, 0.6) is 5.75 Å². The maximum absolute atomic E-state index is 12.1. The van der Waals surface area contributed by atoms with E-state index in [0.717, 1.165) is 0 Å². The second-order valence-electron chi connectivity index (χ2n) is 3.66. The van der Waals surface area contributed by atoms with Gasteiger partial charge in [0, 0.05) is 19.2 Å². The number of rotatable bonds is 4. The van der Waals surface area contributed by atoms with Gasteiger partial charge in [0.1, 0.15) is 5.75 Å². The number of nitrogens with one attached hydrogen (secondary N) is 1. The SMILES string of the molecule is CCN(CC(=O)NC)C(=O)c1ccc(Br)c(O)c1. The van der Waals surface area contributed by atoms with Crippen molar-refractivity contribution < 1.29 is 14.7 Å². The minimum atomic E-state index is -0.288. The van der Waals surface area contributed by atoms with Crippen LogP contribution in [0.25, 0.3) is 0 Å². The molecular formula is C12H15BrN2O3. The van der Waals surface area contributed by atoms with Crippen LogP contribution >= 0.6 is 15.9 Å². The molecule has 0 spiro atoms. The second kappa shape index (κ2) is 6.39. The van der Waals surface area contributed by atoms with Crippen molar-refractivity contribution in [1.82, 2.24) is 10.2 Å². The van der Waals surface area contributed by atoms with Crippen molar-refractivity contribution >= 4 is 27.7 Å². The molecule has 0 bridgehead atoms. The highest BCUT2D eigenvalue weighted by Crippen LogP contribution is 2.24. The fraction of sp³-hybridized carbons (Fsp3) is 0.333. The van der Waals surface area contributed by atoms with E-state index in [4.69, 9.17) is 0 Å². The van der Waals surface area contributed by atoms with Crippen LogP contribution in [0.15, 0.2) is 22.7 Å². The maximum Gasteiger partial charge on any atom is 0.254 e. The van der Waals surface area contributed by atoms with Crippen LogP contribution in [0.3, 0.4) is 0 Å². The number of hydrogen-bond acceptors (Lipinski definition) is 3. The van der Waals surface area contributed by atoms with Crippen LogP contribution in [-0.4, -0.2) is 42.0 Å². The number of amides is 2. The highest BCUT2D eigenvalue weighted by Gasteiger charge is 2.17. The van der Waals surface area contributed by atoms with E-state index in [0.29, 0.717) is 16.6 Å². The van der Waals surface area contributed by atoms with Crippen molar-refractivity contribution in [3.63, 3.8) is 0 Å². The van der Waals surface area contributed by atoms with Gasteiger partial charge in [0.15, 0.2) is 0 Å². The summed E-state index contributed by atoms with van der Waals surface area (Å²) in [7, 11) is 1.52. The van der Waals surface area contributed by atoms with E-state index in [2.05, 4.69) is 21.2 Å². The van der Waals surface area contributed by atoms with Gasteiger partial charge in [-0.05, 0) is 41.1 Å². The molecule has 0 atom stereocenters. The van der Waals surface area contributed by atoms with E-state index in [1.54, 1.807) is 19.1 Å². The minimum absolute atomic E-state index is 0.00264. The molecule has 0 aromatic heterocycles. The normalized spacial score (nSPS) is 9.94. The summed E-state index contributed by atoms with van der Waals surface area (Å²) in [4.78, 5) is 24.8. The first-order chi connectivity index (χ1) is 8.49. The Kier molecular flexibility index (Phi) is 5.15. The molecule has 0 saturated carbocycles. The molecule has 2 amide bonds. The number of phenolic OH excluding ortho intramolecular Hbond substituents is 1. The number of halogens is 1. The van der Waals surface area contributed by atoms with Crippen LogP contribution in [-0.2, 0) is 4.79 Å². The first kappa shape index (κ1) is 14.5. The molecule has 0 fully saturated rings. The third-order valence-corrected chi connectivity index (χ3v) is 3.15. The lowest BCUT2D eigenvalue weighted by atomic mass is 10.2. The van der Waals surface area contributed by atoms with Gasteiger partial charge in [-0.15, -0.1) is 0 Å². The molecule has 1 rings (SSSR count). The summed E-state index contributed by atoms with van der Waals surface area (Å²) in [5.74, 6) is -0.521. The van der Waals surface area contributed by atoms with Gasteiger partial charge >= 0.3 is 0 Å². The van der Waals surface area contributed by atoms with Crippen LogP contribution in [0.1, 0.15) is 17.3 Å². The predicted octanol–water partition coefficient (Wildman–Crippen LogP) is 1.36. The van der Waals surface area contributed by atoms with Crippen molar-refractivity contribution in [2.75, 3.05) is 20.1 Å². The van der Waals surface area contributed by atoms with Gasteiger partial charge < -0.3 is 15.3 Å². The first-order valence-electron chi connectivity index (χ1n) is 5.48. The van der Waals surface area contributed by atoms with Gasteiger partial charge in [0.2, 0.25) is 5.91 Å². The molecule has 2 N–H and O–H groups in total. The maximum atomic E-state index is 12.1. The number of benzene rings is 1. The molecule has 1 aromatic rings. The summed E-state index contributed by atoms with van der Waals surface area (Å²) in [6.07, 6.45) is 0. The molecule has 0 aliphatic heterocycles. The largest absolute Gasteiger partial charge is 0.507 e. The number of hydrogen-bond donors (Lipinski definition) is 2. The molecule has 0 aliphatic carbocycles. The Hall–Kier alpha value is -1.56. The highest BCUT2D eigenvalue weighted by atomic mass is 79.9. The van der Waals surface area contributed by atoms with Crippen molar-refractivity contribution in [1.29, 1.82) is 0 Å². The quantitative estimate of drug-likeness (QED) is 0.881. The lowest BCUT2D eigenvalue weighted by molar-refractivity contribution is -0.121. The molecule has 18 heavy (non-hydrogen) atoms. The third-order valence-electron chi connectivity index (χ3n) is 2.48. The van der Waals surface area contributed by atoms with Crippen molar-refractivity contribution in [3.8, 4) is 5.75 Å². The number of likely N-dealkylation sites (N-methyl/N-ethyl adjacent to an activating group) is 2. The van der Waals surface area contributed by atoms with Crippen molar-refractivity contribution in [2.45, 2.75) is 6.92 Å². The number of carbonyl (C=O) groups excluding carboxylic acids is 2. The second-order valence-corrected chi connectivity index (χ2v) is 4.51. The lowest BCUT2D eigenvalue weighted by Gasteiger charge is -2.20. The molecule has 0 unspecified atom stereocenters. The van der Waals surface area contributed by atoms with Gasteiger partial charge in [0.25, 0.3) is 5.91 Å². The topological polar surface area (TPSA) is 69.6 Å². The molecular weight excluding hydrogens is 300 g/mol. The Morgan fingerprint density at radius 3 is 2.61 bits per heavy atom. The molecule has 0 aliphatic rings. The van der Waals surface area contributed by atoms with Crippen LogP contribution in [0, 0.1) is 0 Å². The average Bonchev–Trinajstić information content (AvgIpc) is 2.38. The Morgan fingerprint density at radius 2 is 2.11 bits per heavy atom. The van der Waals surface area contributed by atoms with Gasteiger partial charge in [-0.25, -0.2) is 0 Å². The van der Waals surface area contributed by atoms with E-state index in [-0.39, 0.29) is 24.1 Å². The van der Waals surface area contributed by atoms with Crippen molar-refractivity contribution in [2.24, 2.45) is 0 Å². The van der Waals surface area contributed by atoms with Gasteiger partial charge in [-0.1, -0.05) is 0 Å². The highest BCUT2D eigenvalue weighted by molar-refractivity contribution is 9.10. The summed E-state index contributed by atoms with van der Waals surface area (Å²) in [6, 6.07) is 4.56. The standard InChI is InChI=1S/C12H15BrN2O3/c1-3-15(7-11(17)14-2)12(18)8-4-5-9(13)10(16)6-8/h4-6,16H,3,7H2,1-2H3,(H,14,17). The summed E-state index contributed by atoms with van der Waals surface area (Å²) in [5, 5.41) is 12.0. The monoisotopic (exact) mass is 314 g/mol. The molecule has 98 valence electrons. The zero-order valence-corrected chi connectivity index (χ0v) is 11.8. The van der Waals surface area contributed by atoms with Crippen LogP contribution in [0.2, 0.25) is 0 Å².